The van der Waals surface area contributed by atoms with Crippen LogP contribution in [0.15, 0.2) is 66.4 Å². The van der Waals surface area contributed by atoms with Crippen LogP contribution in [0, 0.1) is 0 Å². The highest BCUT2D eigenvalue weighted by atomic mass is 28.4. The van der Waals surface area contributed by atoms with Gasteiger partial charge in [-0.25, -0.2) is 0 Å². The molecule has 3 nitrogen and oxygen atoms in total. The topological polar surface area (TPSA) is 27.7 Å². The standard InChI is InChI=1S/C33H44O3Si2/c1-32(2,3)37(7,8)34-21-29-28(36-38(9,10)33(4,5)6)20-27(35-29)25-18-16-24-15-14-22-12-11-13-23-17-19-26(25)31(24)30(22)23/h11-20,27,29H,21H2,1-10H3/t27-,29-/m1/s1. The minimum absolute atomic E-state index is 0.101. The molecule has 4 aromatic rings. The minimum Gasteiger partial charge on any atom is -0.545 e. The Bertz CT molecular complexity index is 1490. The van der Waals surface area contributed by atoms with Crippen LogP contribution in [-0.2, 0) is 13.6 Å². The molecule has 0 bridgehead atoms. The van der Waals surface area contributed by atoms with Crippen LogP contribution >= 0.6 is 0 Å². The molecule has 1 aliphatic rings. The molecular formula is C33H44O3Si2. The van der Waals surface area contributed by atoms with Crippen molar-refractivity contribution in [3.63, 3.8) is 0 Å². The van der Waals surface area contributed by atoms with Crippen LogP contribution in [0.2, 0.25) is 36.3 Å². The Morgan fingerprint density at radius 3 is 1.87 bits per heavy atom. The molecule has 0 N–H and O–H groups in total. The zero-order valence-corrected chi connectivity index (χ0v) is 26.9. The maximum absolute atomic E-state index is 6.91. The van der Waals surface area contributed by atoms with Crippen molar-refractivity contribution < 1.29 is 13.6 Å². The zero-order valence-electron chi connectivity index (χ0n) is 24.9. The van der Waals surface area contributed by atoms with E-state index in [1.165, 1.54) is 37.9 Å². The predicted octanol–water partition coefficient (Wildman–Crippen LogP) is 9.95. The van der Waals surface area contributed by atoms with Crippen LogP contribution in [-0.4, -0.2) is 29.3 Å². The maximum Gasteiger partial charge on any atom is 0.250 e. The van der Waals surface area contributed by atoms with E-state index in [4.69, 9.17) is 13.6 Å². The minimum atomic E-state index is -2.05. The Labute approximate surface area is 230 Å². The van der Waals surface area contributed by atoms with Crippen LogP contribution < -0.4 is 0 Å². The summed E-state index contributed by atoms with van der Waals surface area (Å²) in [6, 6.07) is 20.0. The van der Waals surface area contributed by atoms with Crippen LogP contribution in [0.1, 0.15) is 53.2 Å². The van der Waals surface area contributed by atoms with Crippen LogP contribution in [0.25, 0.3) is 32.3 Å². The second-order valence-electron chi connectivity index (χ2n) is 14.1. The van der Waals surface area contributed by atoms with Crippen molar-refractivity contribution in [1.29, 1.82) is 0 Å². The second kappa shape index (κ2) is 9.19. The summed E-state index contributed by atoms with van der Waals surface area (Å²) in [5.74, 6) is 0.950. The first-order valence-electron chi connectivity index (χ1n) is 14.0. The van der Waals surface area contributed by atoms with E-state index in [1.54, 1.807) is 0 Å². The molecule has 0 saturated heterocycles. The van der Waals surface area contributed by atoms with Gasteiger partial charge < -0.3 is 13.6 Å². The van der Waals surface area contributed by atoms with Crippen molar-refractivity contribution >= 4 is 49.0 Å². The molecule has 0 amide bonds. The van der Waals surface area contributed by atoms with E-state index in [9.17, 15) is 0 Å². The lowest BCUT2D eigenvalue weighted by molar-refractivity contribution is 0.0106. The lowest BCUT2D eigenvalue weighted by atomic mass is 9.90. The Morgan fingerprint density at radius 1 is 0.711 bits per heavy atom. The summed E-state index contributed by atoms with van der Waals surface area (Å²) >= 11 is 0. The molecule has 0 fully saturated rings. The summed E-state index contributed by atoms with van der Waals surface area (Å²) in [5.41, 5.74) is 1.20. The Balaban J connectivity index is 1.56. The molecule has 4 aromatic carbocycles. The van der Waals surface area contributed by atoms with E-state index in [1.807, 2.05) is 0 Å². The molecular weight excluding hydrogens is 501 g/mol. The van der Waals surface area contributed by atoms with Crippen LogP contribution in [0.4, 0.5) is 0 Å². The summed E-state index contributed by atoms with van der Waals surface area (Å²) < 4.78 is 20.4. The fourth-order valence-electron chi connectivity index (χ4n) is 4.88. The first kappa shape index (κ1) is 27.4. The molecule has 0 spiro atoms. The van der Waals surface area contributed by atoms with Gasteiger partial charge in [0, 0.05) is 0 Å². The van der Waals surface area contributed by atoms with E-state index in [0.29, 0.717) is 6.61 Å². The number of hydrogen-bond acceptors (Lipinski definition) is 3. The molecule has 0 radical (unpaired) electrons. The van der Waals surface area contributed by atoms with Gasteiger partial charge in [-0.2, -0.15) is 0 Å². The highest BCUT2D eigenvalue weighted by Crippen LogP contribution is 2.45. The first-order valence-corrected chi connectivity index (χ1v) is 19.8. The lowest BCUT2D eigenvalue weighted by Gasteiger charge is -2.39. The highest BCUT2D eigenvalue weighted by molar-refractivity contribution is 6.74. The highest BCUT2D eigenvalue weighted by Gasteiger charge is 2.44. The number of rotatable bonds is 6. The van der Waals surface area contributed by atoms with Gasteiger partial charge in [0.05, 0.1) is 6.61 Å². The summed E-state index contributed by atoms with van der Waals surface area (Å²) in [6.07, 6.45) is 1.85. The maximum atomic E-state index is 6.91. The lowest BCUT2D eigenvalue weighted by Crippen LogP contribution is -2.44. The third-order valence-corrected chi connectivity index (χ3v) is 18.3. The Morgan fingerprint density at radius 2 is 1.26 bits per heavy atom. The van der Waals surface area contributed by atoms with Crippen LogP contribution in [0.5, 0.6) is 0 Å². The van der Waals surface area contributed by atoms with Gasteiger partial charge in [-0.3, -0.25) is 0 Å². The molecule has 202 valence electrons. The molecule has 0 unspecified atom stereocenters. The average Bonchev–Trinajstić information content (AvgIpc) is 3.21. The summed E-state index contributed by atoms with van der Waals surface area (Å²) in [4.78, 5) is 0. The molecule has 0 aliphatic carbocycles. The van der Waals surface area contributed by atoms with Gasteiger partial charge in [0.1, 0.15) is 18.0 Å². The quantitative estimate of drug-likeness (QED) is 0.178. The average molecular weight is 545 g/mol. The molecule has 1 aliphatic heterocycles. The molecule has 5 rings (SSSR count). The molecule has 0 saturated carbocycles. The number of benzene rings is 4. The van der Waals surface area contributed by atoms with E-state index >= 15 is 0 Å². The van der Waals surface area contributed by atoms with Gasteiger partial charge in [0.25, 0.3) is 0 Å². The zero-order chi connectivity index (χ0) is 27.7. The van der Waals surface area contributed by atoms with Gasteiger partial charge in [-0.05, 0) is 80.2 Å². The Kier molecular flexibility index (Phi) is 6.62. The van der Waals surface area contributed by atoms with Crippen molar-refractivity contribution in [2.24, 2.45) is 0 Å². The summed E-state index contributed by atoms with van der Waals surface area (Å²) in [6.45, 7) is 23.5. The van der Waals surface area contributed by atoms with Gasteiger partial charge in [0.2, 0.25) is 8.32 Å². The molecule has 38 heavy (non-hydrogen) atoms. The van der Waals surface area contributed by atoms with Gasteiger partial charge >= 0.3 is 0 Å². The number of hydrogen-bond donors (Lipinski definition) is 0. The van der Waals surface area contributed by atoms with Crippen molar-refractivity contribution in [1.82, 2.24) is 0 Å². The van der Waals surface area contributed by atoms with Gasteiger partial charge in [0.15, 0.2) is 8.32 Å². The first-order chi connectivity index (χ1) is 17.6. The summed E-state index contributed by atoms with van der Waals surface area (Å²) in [5, 5.41) is 7.98. The van der Waals surface area contributed by atoms with E-state index in [2.05, 4.69) is 128 Å². The molecule has 1 heterocycles. The normalized spacial score (nSPS) is 19.6. The number of ether oxygens (including phenoxy) is 1. The third-order valence-electron chi connectivity index (χ3n) is 9.39. The van der Waals surface area contributed by atoms with Crippen molar-refractivity contribution in [3.8, 4) is 0 Å². The monoisotopic (exact) mass is 544 g/mol. The largest absolute Gasteiger partial charge is 0.545 e. The fourth-order valence-corrected chi connectivity index (χ4v) is 6.97. The Hall–Kier alpha value is -2.19. The van der Waals surface area contributed by atoms with E-state index < -0.39 is 16.6 Å². The van der Waals surface area contributed by atoms with Crippen LogP contribution in [0.3, 0.4) is 0 Å². The third kappa shape index (κ3) is 4.72. The van der Waals surface area contributed by atoms with Crippen molar-refractivity contribution in [2.45, 2.75) is 90.0 Å². The fraction of sp³-hybridized carbons (Fsp3) is 0.455. The molecule has 0 aromatic heterocycles. The van der Waals surface area contributed by atoms with Crippen molar-refractivity contribution in [2.75, 3.05) is 6.61 Å². The molecule has 2 atom stereocenters. The second-order valence-corrected chi connectivity index (χ2v) is 23.6. The SMILES string of the molecule is CC(C)(C)[Si](C)(C)OC[C@H]1O[C@@H](c2ccc3ccc4cccc5ccc2c3c45)C=C1O[Si](C)(C)C(C)(C)C. The smallest absolute Gasteiger partial charge is 0.250 e. The molecule has 5 heteroatoms. The van der Waals surface area contributed by atoms with Crippen molar-refractivity contribution in [3.05, 3.63) is 72.0 Å². The predicted molar refractivity (Wildman–Crippen MR) is 167 cm³/mol. The van der Waals surface area contributed by atoms with Gasteiger partial charge in [-0.1, -0.05) is 96.1 Å². The van der Waals surface area contributed by atoms with E-state index in [0.717, 1.165) is 5.76 Å². The van der Waals surface area contributed by atoms with Gasteiger partial charge in [-0.15, -0.1) is 0 Å². The summed E-state index contributed by atoms with van der Waals surface area (Å²) in [7, 11) is -3.99. The van der Waals surface area contributed by atoms with E-state index in [-0.39, 0.29) is 22.3 Å².